The summed E-state index contributed by atoms with van der Waals surface area (Å²) in [6.07, 6.45) is 9.35. The summed E-state index contributed by atoms with van der Waals surface area (Å²) in [5.74, 6) is 1.88. The third-order valence-electron chi connectivity index (χ3n) is 6.81. The molecule has 4 fully saturated rings. The minimum Gasteiger partial charge on any atom is -0.381 e. The number of ether oxygens (including phenoxy) is 1. The lowest BCUT2D eigenvalue weighted by molar-refractivity contribution is 0.0217. The normalized spacial score (nSPS) is 31.8. The maximum Gasteiger partial charge on any atom is 0.194 e. The summed E-state index contributed by atoms with van der Waals surface area (Å²) in [4.78, 5) is 7.37. The summed E-state index contributed by atoms with van der Waals surface area (Å²) in [7, 11) is -2.82. The van der Waals surface area contributed by atoms with Gasteiger partial charge in [-0.1, -0.05) is 12.8 Å². The highest BCUT2D eigenvalue weighted by atomic mass is 32.2. The van der Waals surface area contributed by atoms with E-state index >= 15 is 0 Å². The lowest BCUT2D eigenvalue weighted by atomic mass is 9.80. The Bertz CT molecular complexity index is 622. The van der Waals surface area contributed by atoms with Crippen molar-refractivity contribution >= 4 is 15.8 Å². The van der Waals surface area contributed by atoms with Crippen molar-refractivity contribution in [2.45, 2.75) is 57.4 Å². The van der Waals surface area contributed by atoms with E-state index in [1.807, 2.05) is 0 Å². The highest BCUT2D eigenvalue weighted by Gasteiger charge is 2.40. The molecule has 0 radical (unpaired) electrons. The number of likely N-dealkylation sites (tertiary alicyclic amines) is 1. The van der Waals surface area contributed by atoms with Crippen molar-refractivity contribution in [2.75, 3.05) is 44.4 Å². The van der Waals surface area contributed by atoms with Gasteiger partial charge in [-0.05, 0) is 49.9 Å². The Balaban J connectivity index is 1.43. The molecule has 6 nitrogen and oxygen atoms in total. The van der Waals surface area contributed by atoms with Crippen LogP contribution in [-0.4, -0.2) is 69.7 Å². The van der Waals surface area contributed by atoms with Gasteiger partial charge in [0.05, 0.1) is 11.5 Å². The topological polar surface area (TPSA) is 71.0 Å². The molecule has 1 spiro atoms. The number of aliphatic imine (C=N–C) groups is 1. The Morgan fingerprint density at radius 3 is 2.62 bits per heavy atom. The van der Waals surface area contributed by atoms with E-state index in [-0.39, 0.29) is 5.92 Å². The average molecular weight is 384 g/mol. The number of rotatable bonds is 3. The van der Waals surface area contributed by atoms with Gasteiger partial charge in [-0.15, -0.1) is 0 Å². The molecule has 3 heterocycles. The van der Waals surface area contributed by atoms with Gasteiger partial charge in [-0.25, -0.2) is 8.42 Å². The van der Waals surface area contributed by atoms with E-state index in [1.54, 1.807) is 0 Å². The van der Waals surface area contributed by atoms with E-state index in [2.05, 4.69) is 10.2 Å². The van der Waals surface area contributed by atoms with E-state index in [1.165, 1.54) is 32.1 Å². The smallest absolute Gasteiger partial charge is 0.194 e. The lowest BCUT2D eigenvalue weighted by Gasteiger charge is -2.34. The fourth-order valence-electron chi connectivity index (χ4n) is 5.05. The van der Waals surface area contributed by atoms with Crippen molar-refractivity contribution in [1.82, 2.24) is 10.2 Å². The predicted molar refractivity (Wildman–Crippen MR) is 103 cm³/mol. The van der Waals surface area contributed by atoms with Gasteiger partial charge < -0.3 is 15.0 Å². The first kappa shape index (κ1) is 18.5. The number of nitrogens with one attached hydrogen (secondary N) is 1. The molecule has 1 aliphatic carbocycles. The summed E-state index contributed by atoms with van der Waals surface area (Å²) < 4.78 is 29.0. The molecule has 1 unspecified atom stereocenters. The molecule has 0 aromatic rings. The van der Waals surface area contributed by atoms with E-state index in [9.17, 15) is 8.42 Å². The molecule has 1 N–H and O–H groups in total. The maximum atomic E-state index is 11.7. The van der Waals surface area contributed by atoms with Crippen molar-refractivity contribution in [3.63, 3.8) is 0 Å². The predicted octanol–water partition coefficient (Wildman–Crippen LogP) is 1.81. The molecule has 148 valence electrons. The molecule has 3 aliphatic heterocycles. The zero-order chi connectivity index (χ0) is 18.0. The van der Waals surface area contributed by atoms with E-state index < -0.39 is 9.84 Å². The van der Waals surface area contributed by atoms with Crippen molar-refractivity contribution in [1.29, 1.82) is 0 Å². The first-order valence-electron chi connectivity index (χ1n) is 10.4. The SMILES string of the molecule is O=S1(=O)CCC(CN=C(NC2CCCC2)N2CCC3(CCOCC3)C2)C1. The van der Waals surface area contributed by atoms with Crippen molar-refractivity contribution in [2.24, 2.45) is 16.3 Å². The molecule has 7 heteroatoms. The first-order chi connectivity index (χ1) is 12.5. The molecular weight excluding hydrogens is 350 g/mol. The lowest BCUT2D eigenvalue weighted by Crippen LogP contribution is -2.46. The van der Waals surface area contributed by atoms with Crippen LogP contribution >= 0.6 is 0 Å². The fourth-order valence-corrected chi connectivity index (χ4v) is 6.90. The number of nitrogens with zero attached hydrogens (tertiary/aromatic N) is 2. The summed E-state index contributed by atoms with van der Waals surface area (Å²) in [6, 6.07) is 0.535. The molecule has 0 amide bonds. The molecule has 1 atom stereocenters. The highest BCUT2D eigenvalue weighted by Crippen LogP contribution is 2.39. The molecule has 4 rings (SSSR count). The largest absolute Gasteiger partial charge is 0.381 e. The van der Waals surface area contributed by atoms with Gasteiger partial charge in [0.15, 0.2) is 15.8 Å². The standard InChI is InChI=1S/C19H33N3O3S/c23-26(24)12-5-16(14-26)13-20-18(21-17-3-1-2-4-17)22-9-6-19(15-22)7-10-25-11-8-19/h16-17H,1-15H2,(H,20,21). The van der Waals surface area contributed by atoms with Crippen LogP contribution in [0.15, 0.2) is 4.99 Å². The average Bonchev–Trinajstić information content (AvgIpc) is 3.34. The highest BCUT2D eigenvalue weighted by molar-refractivity contribution is 7.91. The Hall–Kier alpha value is -0.820. The van der Waals surface area contributed by atoms with E-state index in [4.69, 9.17) is 9.73 Å². The van der Waals surface area contributed by atoms with Gasteiger partial charge in [0.2, 0.25) is 0 Å². The second kappa shape index (κ2) is 7.66. The minimum atomic E-state index is -2.82. The molecule has 26 heavy (non-hydrogen) atoms. The Morgan fingerprint density at radius 2 is 1.92 bits per heavy atom. The Labute approximate surface area is 157 Å². The van der Waals surface area contributed by atoms with Crippen LogP contribution in [0.4, 0.5) is 0 Å². The van der Waals surface area contributed by atoms with Crippen molar-refractivity contribution in [3.05, 3.63) is 0 Å². The van der Waals surface area contributed by atoms with Gasteiger partial charge in [0, 0.05) is 38.9 Å². The van der Waals surface area contributed by atoms with Crippen LogP contribution < -0.4 is 5.32 Å². The van der Waals surface area contributed by atoms with Crippen LogP contribution in [0, 0.1) is 11.3 Å². The summed E-state index contributed by atoms with van der Waals surface area (Å²) in [6.45, 7) is 4.53. The van der Waals surface area contributed by atoms with Crippen molar-refractivity contribution < 1.29 is 13.2 Å². The second-order valence-electron chi connectivity index (χ2n) is 8.84. The summed E-state index contributed by atoms with van der Waals surface area (Å²) in [5.41, 5.74) is 0.396. The Kier molecular flexibility index (Phi) is 5.46. The van der Waals surface area contributed by atoms with Gasteiger partial charge in [-0.2, -0.15) is 0 Å². The van der Waals surface area contributed by atoms with Crippen LogP contribution in [0.2, 0.25) is 0 Å². The maximum absolute atomic E-state index is 11.7. The quantitative estimate of drug-likeness (QED) is 0.594. The molecule has 1 saturated carbocycles. The third-order valence-corrected chi connectivity index (χ3v) is 8.64. The van der Waals surface area contributed by atoms with Crippen LogP contribution in [0.1, 0.15) is 51.4 Å². The molecule has 0 aromatic heterocycles. The van der Waals surface area contributed by atoms with Gasteiger partial charge in [0.25, 0.3) is 0 Å². The van der Waals surface area contributed by atoms with Crippen LogP contribution in [0.3, 0.4) is 0 Å². The third kappa shape index (κ3) is 4.35. The monoisotopic (exact) mass is 383 g/mol. The zero-order valence-electron chi connectivity index (χ0n) is 15.8. The van der Waals surface area contributed by atoms with Crippen molar-refractivity contribution in [3.8, 4) is 0 Å². The van der Waals surface area contributed by atoms with Gasteiger partial charge >= 0.3 is 0 Å². The minimum absolute atomic E-state index is 0.194. The summed E-state index contributed by atoms with van der Waals surface area (Å²) in [5, 5.41) is 3.72. The number of guanidine groups is 1. The number of sulfone groups is 1. The van der Waals surface area contributed by atoms with Crippen LogP contribution in [0.5, 0.6) is 0 Å². The zero-order valence-corrected chi connectivity index (χ0v) is 16.6. The molecule has 0 aromatic carbocycles. The van der Waals surface area contributed by atoms with Crippen LogP contribution in [0.25, 0.3) is 0 Å². The number of hydrogen-bond acceptors (Lipinski definition) is 4. The second-order valence-corrected chi connectivity index (χ2v) is 11.1. The van der Waals surface area contributed by atoms with E-state index in [0.29, 0.717) is 29.5 Å². The molecular formula is C19H33N3O3S. The Morgan fingerprint density at radius 1 is 1.15 bits per heavy atom. The molecule has 0 bridgehead atoms. The molecule has 3 saturated heterocycles. The number of hydrogen-bond donors (Lipinski definition) is 1. The summed E-state index contributed by atoms with van der Waals surface area (Å²) >= 11 is 0. The van der Waals surface area contributed by atoms with E-state index in [0.717, 1.165) is 51.5 Å². The van der Waals surface area contributed by atoms with Crippen LogP contribution in [-0.2, 0) is 14.6 Å². The fraction of sp³-hybridized carbons (Fsp3) is 0.947. The van der Waals surface area contributed by atoms with Gasteiger partial charge in [-0.3, -0.25) is 4.99 Å². The van der Waals surface area contributed by atoms with Gasteiger partial charge in [0.1, 0.15) is 0 Å². The first-order valence-corrected chi connectivity index (χ1v) is 12.2. The molecule has 4 aliphatic rings.